The van der Waals surface area contributed by atoms with E-state index in [0.29, 0.717) is 0 Å². The first kappa shape index (κ1) is 29.6. The monoisotopic (exact) mass is 723 g/mol. The molecule has 2 nitrogen and oxygen atoms in total. The number of hydrogen-bond donors (Lipinski definition) is 0. The molecule has 2 aromatic heterocycles. The van der Waals surface area contributed by atoms with Crippen LogP contribution in [0.25, 0.3) is 44.4 Å². The molecule has 0 amide bonds. The molecular formula is C39H34IrN2-2. The van der Waals surface area contributed by atoms with Crippen molar-refractivity contribution in [3.63, 3.8) is 0 Å². The summed E-state index contributed by atoms with van der Waals surface area (Å²) in [5.41, 5.74) is 10.8. The van der Waals surface area contributed by atoms with Gasteiger partial charge in [0, 0.05) is 32.5 Å². The van der Waals surface area contributed by atoms with Crippen molar-refractivity contribution in [2.24, 2.45) is 0 Å². The molecule has 0 aliphatic heterocycles. The Bertz CT molecular complexity index is 1830. The maximum absolute atomic E-state index is 4.79. The fourth-order valence-corrected chi connectivity index (χ4v) is 5.75. The van der Waals surface area contributed by atoms with Gasteiger partial charge in [-0.05, 0) is 45.0 Å². The van der Waals surface area contributed by atoms with Gasteiger partial charge in [0.25, 0.3) is 0 Å². The van der Waals surface area contributed by atoms with Gasteiger partial charge in [-0.3, -0.25) is 0 Å². The number of fused-ring (bicyclic) bond motifs is 4. The summed E-state index contributed by atoms with van der Waals surface area (Å²) in [6, 6.07) is 42.4. The average Bonchev–Trinajstić information content (AvgIpc) is 3.24. The molecular weight excluding hydrogens is 689 g/mol. The zero-order chi connectivity index (χ0) is 28.6. The van der Waals surface area contributed by atoms with Crippen molar-refractivity contribution in [1.82, 2.24) is 9.97 Å². The first-order valence-corrected chi connectivity index (χ1v) is 14.2. The molecule has 0 atom stereocenters. The van der Waals surface area contributed by atoms with Crippen molar-refractivity contribution < 1.29 is 20.1 Å². The van der Waals surface area contributed by atoms with Gasteiger partial charge in [0.05, 0.1) is 0 Å². The standard InChI is InChI=1S/C24H24N.C15H10N.Ir/c1-23(2,3)16-13-14-21(25-15-16)19-11-8-10-18-17-9-6-7-12-20(17)24(4,5)22(18)19;1-2-6-13-11-14(9-8-12(13)5-1)15-7-3-4-10-16-15;/h6-10,12-15H,1-5H3;1-8,10-11H;/q2*-1;. The third kappa shape index (κ3) is 5.60. The van der Waals surface area contributed by atoms with Crippen LogP contribution >= 0.6 is 0 Å². The zero-order valence-electron chi connectivity index (χ0n) is 24.7. The number of rotatable bonds is 2. The minimum absolute atomic E-state index is 0. The Morgan fingerprint density at radius 3 is 2.14 bits per heavy atom. The molecule has 3 heteroatoms. The minimum atomic E-state index is -0.0383. The van der Waals surface area contributed by atoms with Crippen molar-refractivity contribution in [2.45, 2.75) is 45.4 Å². The number of aromatic nitrogens is 2. The molecule has 0 spiro atoms. The molecule has 7 rings (SSSR count). The molecule has 0 N–H and O–H groups in total. The summed E-state index contributed by atoms with van der Waals surface area (Å²) in [6.45, 7) is 11.3. The Morgan fingerprint density at radius 1 is 0.690 bits per heavy atom. The van der Waals surface area contributed by atoms with Crippen LogP contribution in [0.3, 0.4) is 0 Å². The molecule has 1 aliphatic carbocycles. The Morgan fingerprint density at radius 2 is 1.43 bits per heavy atom. The molecule has 1 aliphatic rings. The average molecular weight is 723 g/mol. The van der Waals surface area contributed by atoms with Crippen molar-refractivity contribution in [3.8, 4) is 33.6 Å². The quantitative estimate of drug-likeness (QED) is 0.166. The van der Waals surface area contributed by atoms with Gasteiger partial charge in [-0.2, -0.15) is 0 Å². The van der Waals surface area contributed by atoms with Gasteiger partial charge in [0.1, 0.15) is 0 Å². The molecule has 6 aromatic rings. The third-order valence-electron chi connectivity index (χ3n) is 8.02. The molecule has 0 saturated heterocycles. The first-order chi connectivity index (χ1) is 19.7. The van der Waals surface area contributed by atoms with Crippen LogP contribution in [0.2, 0.25) is 0 Å². The van der Waals surface area contributed by atoms with Crippen molar-refractivity contribution >= 4 is 10.8 Å². The SMILES string of the molecule is CC(C)(C)c1ccc(-c2[c-]ccc3c2C(C)(C)c2ccccc2-3)nc1.[Ir].[c-]1cc2ccccc2cc1-c1ccccn1. The summed E-state index contributed by atoms with van der Waals surface area (Å²) in [5.74, 6) is 0. The van der Waals surface area contributed by atoms with Gasteiger partial charge < -0.3 is 9.97 Å². The fraction of sp³-hybridized carbons (Fsp3) is 0.179. The molecule has 42 heavy (non-hydrogen) atoms. The normalized spacial score (nSPS) is 12.9. The van der Waals surface area contributed by atoms with Gasteiger partial charge in [0.2, 0.25) is 0 Å². The fourth-order valence-electron chi connectivity index (χ4n) is 5.75. The van der Waals surface area contributed by atoms with E-state index in [1.165, 1.54) is 38.6 Å². The van der Waals surface area contributed by atoms with Gasteiger partial charge in [0.15, 0.2) is 0 Å². The summed E-state index contributed by atoms with van der Waals surface area (Å²) in [7, 11) is 0. The maximum Gasteiger partial charge on any atom is 0.0198 e. The molecule has 0 fully saturated rings. The summed E-state index contributed by atoms with van der Waals surface area (Å²) in [6.07, 6.45) is 3.82. The van der Waals surface area contributed by atoms with Gasteiger partial charge in [-0.25, -0.2) is 0 Å². The van der Waals surface area contributed by atoms with Crippen molar-refractivity contribution in [2.75, 3.05) is 0 Å². The van der Waals surface area contributed by atoms with Crippen LogP contribution in [0.15, 0.2) is 116 Å². The molecule has 0 bridgehead atoms. The molecule has 0 saturated carbocycles. The van der Waals surface area contributed by atoms with Crippen LogP contribution in [0.1, 0.15) is 51.3 Å². The molecule has 4 aromatic carbocycles. The first-order valence-electron chi connectivity index (χ1n) is 14.2. The van der Waals surface area contributed by atoms with E-state index >= 15 is 0 Å². The van der Waals surface area contributed by atoms with Crippen LogP contribution in [0.4, 0.5) is 0 Å². The van der Waals surface area contributed by atoms with E-state index < -0.39 is 0 Å². The van der Waals surface area contributed by atoms with Crippen molar-refractivity contribution in [3.05, 3.63) is 144 Å². The van der Waals surface area contributed by atoms with E-state index in [1.54, 1.807) is 6.20 Å². The summed E-state index contributed by atoms with van der Waals surface area (Å²) in [5, 5.41) is 2.43. The smallest absolute Gasteiger partial charge is 0.0198 e. The van der Waals surface area contributed by atoms with E-state index in [0.717, 1.165) is 22.5 Å². The minimum Gasteiger partial charge on any atom is -0.305 e. The van der Waals surface area contributed by atoms with E-state index in [-0.39, 0.29) is 30.9 Å². The number of pyridine rings is 2. The van der Waals surface area contributed by atoms with E-state index in [9.17, 15) is 0 Å². The molecule has 211 valence electrons. The van der Waals surface area contributed by atoms with Gasteiger partial charge >= 0.3 is 0 Å². The predicted octanol–water partition coefficient (Wildman–Crippen LogP) is 9.85. The van der Waals surface area contributed by atoms with Crippen LogP contribution < -0.4 is 0 Å². The van der Waals surface area contributed by atoms with E-state index in [1.807, 2.05) is 48.7 Å². The third-order valence-corrected chi connectivity index (χ3v) is 8.02. The van der Waals surface area contributed by atoms with Gasteiger partial charge in [-0.15, -0.1) is 58.5 Å². The zero-order valence-corrected chi connectivity index (χ0v) is 27.1. The topological polar surface area (TPSA) is 25.8 Å². The van der Waals surface area contributed by atoms with Crippen LogP contribution in [-0.4, -0.2) is 9.97 Å². The number of benzene rings is 4. The second-order valence-corrected chi connectivity index (χ2v) is 12.2. The predicted molar refractivity (Wildman–Crippen MR) is 171 cm³/mol. The second kappa shape index (κ2) is 11.8. The summed E-state index contributed by atoms with van der Waals surface area (Å²) < 4.78 is 0. The van der Waals surface area contributed by atoms with E-state index in [4.69, 9.17) is 4.98 Å². The second-order valence-electron chi connectivity index (χ2n) is 12.2. The molecule has 2 heterocycles. The van der Waals surface area contributed by atoms with Crippen LogP contribution in [-0.2, 0) is 30.9 Å². The largest absolute Gasteiger partial charge is 0.305 e. The number of hydrogen-bond acceptors (Lipinski definition) is 2. The van der Waals surface area contributed by atoms with E-state index in [2.05, 4.69) is 112 Å². The summed E-state index contributed by atoms with van der Waals surface area (Å²) in [4.78, 5) is 9.11. The number of nitrogens with zero attached hydrogens (tertiary/aromatic N) is 2. The Hall–Kier alpha value is -3.91. The molecule has 1 radical (unpaired) electrons. The Labute approximate surface area is 263 Å². The molecule has 0 unspecified atom stereocenters. The Kier molecular flexibility index (Phi) is 8.28. The van der Waals surface area contributed by atoms with Crippen molar-refractivity contribution in [1.29, 1.82) is 0 Å². The summed E-state index contributed by atoms with van der Waals surface area (Å²) >= 11 is 0. The van der Waals surface area contributed by atoms with Gasteiger partial charge in [-0.1, -0.05) is 118 Å². The van der Waals surface area contributed by atoms with Crippen LogP contribution in [0, 0.1) is 12.1 Å². The maximum atomic E-state index is 4.79. The Balaban J connectivity index is 0.000000179. The van der Waals surface area contributed by atoms with Crippen LogP contribution in [0.5, 0.6) is 0 Å².